The van der Waals surface area contributed by atoms with E-state index in [1.165, 1.54) is 0 Å². The minimum Gasteiger partial charge on any atom is -0.383 e. The van der Waals surface area contributed by atoms with Crippen molar-refractivity contribution in [1.29, 1.82) is 0 Å². The number of ether oxygens (including phenoxy) is 1. The molecule has 88 valence electrons. The molecule has 4 heteroatoms. The molecule has 0 spiro atoms. The van der Waals surface area contributed by atoms with Crippen LogP contribution in [0.1, 0.15) is 19.3 Å². The first kappa shape index (κ1) is 14.5. The number of hydrogen-bond acceptors (Lipinski definition) is 2. The van der Waals surface area contributed by atoms with Crippen LogP contribution in [0.3, 0.4) is 0 Å². The maximum Gasteiger partial charge on any atom is 0.222 e. The maximum absolute atomic E-state index is 11.7. The van der Waals surface area contributed by atoms with Crippen molar-refractivity contribution in [2.75, 3.05) is 32.7 Å². The highest BCUT2D eigenvalue weighted by molar-refractivity contribution is 6.17. The number of alkyl halides is 1. The van der Waals surface area contributed by atoms with Crippen molar-refractivity contribution >= 4 is 17.5 Å². The van der Waals surface area contributed by atoms with Crippen LogP contribution in [0.5, 0.6) is 0 Å². The molecule has 0 fully saturated rings. The van der Waals surface area contributed by atoms with Crippen molar-refractivity contribution in [2.45, 2.75) is 19.3 Å². The van der Waals surface area contributed by atoms with Crippen LogP contribution in [-0.2, 0) is 9.53 Å². The standard InChI is InChI=1S/C11H20ClNO2/c1-3-8-13(9-10-15-2)11(14)6-4-5-7-12/h3H,1,4-10H2,2H3. The van der Waals surface area contributed by atoms with Gasteiger partial charge in [-0.15, -0.1) is 18.2 Å². The van der Waals surface area contributed by atoms with E-state index >= 15 is 0 Å². The number of halogens is 1. The molecule has 0 aromatic carbocycles. The van der Waals surface area contributed by atoms with Crippen molar-refractivity contribution in [3.05, 3.63) is 12.7 Å². The molecule has 0 bridgehead atoms. The quantitative estimate of drug-likeness (QED) is 0.347. The summed E-state index contributed by atoms with van der Waals surface area (Å²) in [6.45, 7) is 5.41. The van der Waals surface area contributed by atoms with E-state index in [4.69, 9.17) is 16.3 Å². The molecular weight excluding hydrogens is 214 g/mol. The Hall–Kier alpha value is -0.540. The van der Waals surface area contributed by atoms with Gasteiger partial charge in [0.1, 0.15) is 0 Å². The number of methoxy groups -OCH3 is 1. The fourth-order valence-corrected chi connectivity index (χ4v) is 1.39. The van der Waals surface area contributed by atoms with Gasteiger partial charge in [0, 0.05) is 32.5 Å². The van der Waals surface area contributed by atoms with Gasteiger partial charge in [-0.2, -0.15) is 0 Å². The largest absolute Gasteiger partial charge is 0.383 e. The summed E-state index contributed by atoms with van der Waals surface area (Å²) in [5, 5.41) is 0. The van der Waals surface area contributed by atoms with E-state index in [-0.39, 0.29) is 5.91 Å². The molecule has 0 saturated carbocycles. The summed E-state index contributed by atoms with van der Waals surface area (Å²) in [6, 6.07) is 0. The number of carbonyl (C=O) groups excluding carboxylic acids is 1. The van der Waals surface area contributed by atoms with Crippen molar-refractivity contribution in [3.63, 3.8) is 0 Å². The fourth-order valence-electron chi connectivity index (χ4n) is 1.20. The topological polar surface area (TPSA) is 29.5 Å². The van der Waals surface area contributed by atoms with Crippen molar-refractivity contribution in [2.24, 2.45) is 0 Å². The zero-order chi connectivity index (χ0) is 11.5. The molecule has 0 heterocycles. The number of unbranched alkanes of at least 4 members (excludes halogenated alkanes) is 1. The molecule has 0 atom stereocenters. The van der Waals surface area contributed by atoms with E-state index in [0.29, 0.717) is 32.0 Å². The number of carbonyl (C=O) groups is 1. The monoisotopic (exact) mass is 233 g/mol. The lowest BCUT2D eigenvalue weighted by molar-refractivity contribution is -0.131. The Bertz CT molecular complexity index is 185. The SMILES string of the molecule is C=CCN(CCOC)C(=O)CCCCCl. The Morgan fingerprint density at radius 3 is 2.80 bits per heavy atom. The summed E-state index contributed by atoms with van der Waals surface area (Å²) >= 11 is 5.55. The fraction of sp³-hybridized carbons (Fsp3) is 0.727. The molecular formula is C11H20ClNO2. The van der Waals surface area contributed by atoms with Gasteiger partial charge in [-0.1, -0.05) is 6.08 Å². The van der Waals surface area contributed by atoms with Crippen LogP contribution in [-0.4, -0.2) is 43.5 Å². The van der Waals surface area contributed by atoms with Gasteiger partial charge in [0.2, 0.25) is 5.91 Å². The van der Waals surface area contributed by atoms with E-state index in [9.17, 15) is 4.79 Å². The predicted molar refractivity (Wildman–Crippen MR) is 63.2 cm³/mol. The molecule has 0 aromatic rings. The van der Waals surface area contributed by atoms with E-state index in [0.717, 1.165) is 12.8 Å². The van der Waals surface area contributed by atoms with Gasteiger partial charge in [-0.3, -0.25) is 4.79 Å². The average molecular weight is 234 g/mol. The summed E-state index contributed by atoms with van der Waals surface area (Å²) < 4.78 is 4.95. The Balaban J connectivity index is 3.86. The number of nitrogens with zero attached hydrogens (tertiary/aromatic N) is 1. The molecule has 15 heavy (non-hydrogen) atoms. The van der Waals surface area contributed by atoms with Crippen LogP contribution in [0.15, 0.2) is 12.7 Å². The Labute approximate surface area is 97.0 Å². The minimum atomic E-state index is 0.150. The highest BCUT2D eigenvalue weighted by Gasteiger charge is 2.10. The molecule has 0 aromatic heterocycles. The van der Waals surface area contributed by atoms with Crippen LogP contribution in [0.2, 0.25) is 0 Å². The molecule has 0 saturated heterocycles. The highest BCUT2D eigenvalue weighted by Crippen LogP contribution is 2.02. The number of rotatable bonds is 9. The Kier molecular flexibility index (Phi) is 9.63. The Morgan fingerprint density at radius 1 is 1.53 bits per heavy atom. The molecule has 0 radical (unpaired) electrons. The van der Waals surface area contributed by atoms with Crippen LogP contribution >= 0.6 is 11.6 Å². The second kappa shape index (κ2) is 9.99. The van der Waals surface area contributed by atoms with Gasteiger partial charge in [0.15, 0.2) is 0 Å². The summed E-state index contributed by atoms with van der Waals surface area (Å²) in [5.74, 6) is 0.768. The normalized spacial score (nSPS) is 10.0. The number of amides is 1. The van der Waals surface area contributed by atoms with Gasteiger partial charge in [-0.05, 0) is 12.8 Å². The smallest absolute Gasteiger partial charge is 0.222 e. The summed E-state index contributed by atoms with van der Waals surface area (Å²) in [7, 11) is 1.63. The second-order valence-electron chi connectivity index (χ2n) is 3.27. The third-order valence-corrected chi connectivity index (χ3v) is 2.31. The van der Waals surface area contributed by atoms with Gasteiger partial charge >= 0.3 is 0 Å². The van der Waals surface area contributed by atoms with E-state index in [2.05, 4.69) is 6.58 Å². The molecule has 0 aliphatic rings. The van der Waals surface area contributed by atoms with Crippen molar-refractivity contribution in [1.82, 2.24) is 4.90 Å². The zero-order valence-electron chi connectivity index (χ0n) is 9.38. The molecule has 0 rings (SSSR count). The lowest BCUT2D eigenvalue weighted by Gasteiger charge is -2.20. The van der Waals surface area contributed by atoms with Crippen LogP contribution in [0.4, 0.5) is 0 Å². The van der Waals surface area contributed by atoms with Gasteiger partial charge in [0.05, 0.1) is 6.61 Å². The summed E-state index contributed by atoms with van der Waals surface area (Å²) in [4.78, 5) is 13.4. The van der Waals surface area contributed by atoms with Crippen LogP contribution in [0, 0.1) is 0 Å². The second-order valence-corrected chi connectivity index (χ2v) is 3.65. The summed E-state index contributed by atoms with van der Waals surface area (Å²) in [6.07, 6.45) is 4.03. The van der Waals surface area contributed by atoms with E-state index < -0.39 is 0 Å². The van der Waals surface area contributed by atoms with Crippen LogP contribution in [0.25, 0.3) is 0 Å². The molecule has 0 aliphatic carbocycles. The first-order valence-corrected chi connectivity index (χ1v) is 5.73. The zero-order valence-corrected chi connectivity index (χ0v) is 10.1. The number of hydrogen-bond donors (Lipinski definition) is 0. The van der Waals surface area contributed by atoms with E-state index in [1.54, 1.807) is 18.1 Å². The van der Waals surface area contributed by atoms with Crippen molar-refractivity contribution < 1.29 is 9.53 Å². The molecule has 0 N–H and O–H groups in total. The Morgan fingerprint density at radius 2 is 2.27 bits per heavy atom. The average Bonchev–Trinajstić information content (AvgIpc) is 2.24. The first-order chi connectivity index (χ1) is 7.26. The first-order valence-electron chi connectivity index (χ1n) is 5.19. The third kappa shape index (κ3) is 7.40. The van der Waals surface area contributed by atoms with Gasteiger partial charge in [0.25, 0.3) is 0 Å². The van der Waals surface area contributed by atoms with Crippen molar-refractivity contribution in [3.8, 4) is 0 Å². The lowest BCUT2D eigenvalue weighted by Crippen LogP contribution is -2.33. The summed E-state index contributed by atoms with van der Waals surface area (Å²) in [5.41, 5.74) is 0. The molecule has 0 unspecified atom stereocenters. The lowest BCUT2D eigenvalue weighted by atomic mass is 10.2. The molecule has 3 nitrogen and oxygen atoms in total. The predicted octanol–water partition coefficient (Wildman–Crippen LogP) is 2.06. The van der Waals surface area contributed by atoms with Gasteiger partial charge < -0.3 is 9.64 Å². The minimum absolute atomic E-state index is 0.150. The molecule has 1 amide bonds. The maximum atomic E-state index is 11.7. The van der Waals surface area contributed by atoms with Crippen LogP contribution < -0.4 is 0 Å². The third-order valence-electron chi connectivity index (χ3n) is 2.04. The van der Waals surface area contributed by atoms with Gasteiger partial charge in [-0.25, -0.2) is 0 Å². The van der Waals surface area contributed by atoms with E-state index in [1.807, 2.05) is 0 Å². The molecule has 0 aliphatic heterocycles. The highest BCUT2D eigenvalue weighted by atomic mass is 35.5.